The Morgan fingerprint density at radius 1 is 1.48 bits per heavy atom. The molecule has 0 aromatic carbocycles. The highest BCUT2D eigenvalue weighted by Gasteiger charge is 2.07. The first-order valence-corrected chi connectivity index (χ1v) is 10.6. The molecule has 1 N–H and O–H groups in total. The van der Waals surface area contributed by atoms with Crippen LogP contribution in [0.3, 0.4) is 0 Å². The second kappa shape index (κ2) is 11.9. The fraction of sp³-hybridized carbons (Fsp3) is 0.500. The summed E-state index contributed by atoms with van der Waals surface area (Å²) in [6.07, 6.45) is 3.94. The van der Waals surface area contributed by atoms with Crippen molar-refractivity contribution in [1.29, 1.82) is 0 Å². The average molecular weight is 402 g/mol. The minimum atomic E-state index is -0.365. The maximum absolute atomic E-state index is 10.7. The summed E-state index contributed by atoms with van der Waals surface area (Å²) in [6, 6.07) is 2.00. The second-order valence-electron chi connectivity index (χ2n) is 4.79. The van der Waals surface area contributed by atoms with E-state index < -0.39 is 0 Å². The number of aromatic nitrogens is 2. The fourth-order valence-electron chi connectivity index (χ4n) is 1.76. The van der Waals surface area contributed by atoms with Crippen LogP contribution in [0.1, 0.15) is 12.1 Å². The zero-order chi connectivity index (χ0) is 17.7. The van der Waals surface area contributed by atoms with Crippen LogP contribution in [0.15, 0.2) is 38.5 Å². The molecule has 2 heterocycles. The van der Waals surface area contributed by atoms with Crippen LogP contribution in [0.5, 0.6) is 0 Å². The molecule has 0 amide bonds. The molecule has 0 atom stereocenters. The SMILES string of the molecule is O=[N+]([O-])CC(=NCCCSc1ncco1)NCCSCc1ccsn1. The maximum atomic E-state index is 10.7. The lowest BCUT2D eigenvalue weighted by molar-refractivity contribution is -0.463. The number of thioether (sulfide) groups is 2. The third-order valence-corrected chi connectivity index (χ3v) is 5.37. The second-order valence-corrected chi connectivity index (χ2v) is 7.61. The standard InChI is InChI=1S/C14H19N5O3S3/c20-19(21)10-13(15-3-1-7-24-14-17-4-6-22-14)16-5-9-23-11-12-2-8-25-18-12/h2,4,6,8H,1,3,5,7,9-11H2,(H,15,16). The molecule has 0 bridgehead atoms. The highest BCUT2D eigenvalue weighted by Crippen LogP contribution is 2.15. The summed E-state index contributed by atoms with van der Waals surface area (Å²) < 4.78 is 9.36. The highest BCUT2D eigenvalue weighted by molar-refractivity contribution is 7.99. The lowest BCUT2D eigenvalue weighted by atomic mass is 10.4. The molecule has 0 fully saturated rings. The van der Waals surface area contributed by atoms with E-state index >= 15 is 0 Å². The Bertz CT molecular complexity index is 634. The predicted molar refractivity (Wildman–Crippen MR) is 102 cm³/mol. The molecule has 0 saturated heterocycles. The van der Waals surface area contributed by atoms with Gasteiger partial charge in [0.25, 0.3) is 11.8 Å². The number of nitrogens with one attached hydrogen (secondary N) is 1. The van der Waals surface area contributed by atoms with Crippen LogP contribution in [0.25, 0.3) is 0 Å². The molecule has 11 heteroatoms. The van der Waals surface area contributed by atoms with Crippen LogP contribution in [0.4, 0.5) is 0 Å². The van der Waals surface area contributed by atoms with Crippen LogP contribution < -0.4 is 5.32 Å². The predicted octanol–water partition coefficient (Wildman–Crippen LogP) is 2.81. The number of oxazole rings is 1. The first kappa shape index (κ1) is 19.7. The van der Waals surface area contributed by atoms with E-state index in [1.54, 1.807) is 18.0 Å². The molecule has 8 nitrogen and oxygen atoms in total. The summed E-state index contributed by atoms with van der Waals surface area (Å²) in [6.45, 7) is 0.909. The minimum Gasteiger partial charge on any atom is -0.440 e. The summed E-state index contributed by atoms with van der Waals surface area (Å²) >= 11 is 4.69. The molecule has 0 unspecified atom stereocenters. The van der Waals surface area contributed by atoms with E-state index in [4.69, 9.17) is 4.42 Å². The average Bonchev–Trinajstić information content (AvgIpc) is 3.27. The molecule has 0 aliphatic carbocycles. The summed E-state index contributed by atoms with van der Waals surface area (Å²) in [5.41, 5.74) is 1.07. The molecule has 0 spiro atoms. The molecular weight excluding hydrogens is 382 g/mol. The van der Waals surface area contributed by atoms with Gasteiger partial charge >= 0.3 is 0 Å². The van der Waals surface area contributed by atoms with E-state index in [0.29, 0.717) is 24.1 Å². The van der Waals surface area contributed by atoms with Crippen LogP contribution in [0.2, 0.25) is 0 Å². The van der Waals surface area contributed by atoms with Gasteiger partial charge in [0.1, 0.15) is 6.26 Å². The van der Waals surface area contributed by atoms with Crippen molar-refractivity contribution in [3.63, 3.8) is 0 Å². The zero-order valence-corrected chi connectivity index (χ0v) is 15.9. The van der Waals surface area contributed by atoms with Crippen molar-refractivity contribution in [2.75, 3.05) is 31.1 Å². The number of hydrogen-bond donors (Lipinski definition) is 1. The first-order chi connectivity index (χ1) is 12.2. The molecule has 2 aromatic heterocycles. The monoisotopic (exact) mass is 401 g/mol. The van der Waals surface area contributed by atoms with Gasteiger partial charge in [-0.05, 0) is 24.0 Å². The Morgan fingerprint density at radius 3 is 3.12 bits per heavy atom. The highest BCUT2D eigenvalue weighted by atomic mass is 32.2. The molecule has 2 rings (SSSR count). The normalized spacial score (nSPS) is 11.6. The molecule has 0 radical (unpaired) electrons. The van der Waals surface area contributed by atoms with Crippen molar-refractivity contribution < 1.29 is 9.34 Å². The van der Waals surface area contributed by atoms with Gasteiger partial charge in [0.15, 0.2) is 5.84 Å². The number of amidine groups is 1. The molecular formula is C14H19N5O3S3. The first-order valence-electron chi connectivity index (χ1n) is 7.62. The van der Waals surface area contributed by atoms with Crippen LogP contribution in [0, 0.1) is 10.1 Å². The Hall–Kier alpha value is -1.59. The van der Waals surface area contributed by atoms with Crippen LogP contribution >= 0.6 is 35.1 Å². The van der Waals surface area contributed by atoms with Gasteiger partial charge in [0.2, 0.25) is 0 Å². The Kier molecular flexibility index (Phi) is 9.37. The molecule has 136 valence electrons. The van der Waals surface area contributed by atoms with Crippen LogP contribution in [-0.2, 0) is 5.75 Å². The van der Waals surface area contributed by atoms with E-state index in [-0.39, 0.29) is 11.5 Å². The van der Waals surface area contributed by atoms with E-state index in [0.717, 1.165) is 29.4 Å². The summed E-state index contributed by atoms with van der Waals surface area (Å²) in [5.74, 6) is 2.93. The van der Waals surface area contributed by atoms with Gasteiger partial charge in [-0.2, -0.15) is 16.1 Å². The van der Waals surface area contributed by atoms with Crippen molar-refractivity contribution in [3.8, 4) is 0 Å². The molecule has 0 saturated carbocycles. The van der Waals surface area contributed by atoms with E-state index in [1.807, 2.05) is 11.4 Å². The molecule has 2 aromatic rings. The number of rotatable bonds is 12. The number of aliphatic imine (C=N–C) groups is 1. The van der Waals surface area contributed by atoms with Crippen LogP contribution in [-0.4, -0.2) is 51.3 Å². The summed E-state index contributed by atoms with van der Waals surface area (Å²) in [4.78, 5) is 18.7. The number of nitro groups is 1. The Labute approximate surface area is 158 Å². The molecule has 0 aliphatic rings. The lowest BCUT2D eigenvalue weighted by Gasteiger charge is -2.06. The van der Waals surface area contributed by atoms with Gasteiger partial charge in [-0.15, -0.1) is 0 Å². The van der Waals surface area contributed by atoms with Crippen molar-refractivity contribution in [2.24, 2.45) is 4.99 Å². The van der Waals surface area contributed by atoms with Crippen molar-refractivity contribution in [2.45, 2.75) is 17.4 Å². The lowest BCUT2D eigenvalue weighted by Crippen LogP contribution is -2.32. The van der Waals surface area contributed by atoms with E-state index in [1.165, 1.54) is 29.6 Å². The van der Waals surface area contributed by atoms with Gasteiger partial charge in [0.05, 0.1) is 11.9 Å². The summed E-state index contributed by atoms with van der Waals surface area (Å²) in [5, 5.41) is 16.4. The third kappa shape index (κ3) is 8.89. The minimum absolute atomic E-state index is 0.274. The van der Waals surface area contributed by atoms with Gasteiger partial charge in [-0.25, -0.2) is 4.98 Å². The smallest absolute Gasteiger partial charge is 0.259 e. The zero-order valence-electron chi connectivity index (χ0n) is 13.5. The fourth-order valence-corrected chi connectivity index (χ4v) is 3.85. The number of hydrogen-bond acceptors (Lipinski definition) is 9. The van der Waals surface area contributed by atoms with Gasteiger partial charge in [0, 0.05) is 40.7 Å². The van der Waals surface area contributed by atoms with Crippen molar-refractivity contribution in [1.82, 2.24) is 14.7 Å². The topological polar surface area (TPSA) is 106 Å². The van der Waals surface area contributed by atoms with Gasteiger partial charge < -0.3 is 9.73 Å². The van der Waals surface area contributed by atoms with Crippen molar-refractivity contribution in [3.05, 3.63) is 39.7 Å². The number of nitrogens with zero attached hydrogens (tertiary/aromatic N) is 4. The van der Waals surface area contributed by atoms with E-state index in [9.17, 15) is 10.1 Å². The van der Waals surface area contributed by atoms with Crippen molar-refractivity contribution >= 4 is 40.9 Å². The van der Waals surface area contributed by atoms with Gasteiger partial charge in [-0.1, -0.05) is 11.8 Å². The largest absolute Gasteiger partial charge is 0.440 e. The Morgan fingerprint density at radius 2 is 2.40 bits per heavy atom. The molecule has 25 heavy (non-hydrogen) atoms. The maximum Gasteiger partial charge on any atom is 0.259 e. The van der Waals surface area contributed by atoms with Gasteiger partial charge in [-0.3, -0.25) is 15.1 Å². The Balaban J connectivity index is 1.61. The summed E-state index contributed by atoms with van der Waals surface area (Å²) in [7, 11) is 0. The quantitative estimate of drug-likeness (QED) is 0.144. The molecule has 0 aliphatic heterocycles. The third-order valence-electron chi connectivity index (χ3n) is 2.84. The van der Waals surface area contributed by atoms with E-state index in [2.05, 4.69) is 19.7 Å².